The second-order valence-corrected chi connectivity index (χ2v) is 4.44. The van der Waals surface area contributed by atoms with Gasteiger partial charge in [-0.15, -0.1) is 5.10 Å². The Kier molecular flexibility index (Phi) is 4.75. The molecular weight excluding hydrogens is 263 g/mol. The van der Waals surface area contributed by atoms with Gasteiger partial charge < -0.3 is 5.11 Å². The molecule has 2 aromatic rings. The molecule has 1 aromatic carbocycles. The van der Waals surface area contributed by atoms with Crippen molar-refractivity contribution in [1.29, 1.82) is 0 Å². The average Bonchev–Trinajstić information content (AvgIpc) is 2.85. The number of halogens is 1. The number of benzene rings is 1. The summed E-state index contributed by atoms with van der Waals surface area (Å²) < 4.78 is 15.2. The molecule has 7 heteroatoms. The van der Waals surface area contributed by atoms with Crippen LogP contribution in [0.15, 0.2) is 24.3 Å². The average molecular weight is 278 g/mol. The maximum absolute atomic E-state index is 13.6. The van der Waals surface area contributed by atoms with Gasteiger partial charge in [0.25, 0.3) is 0 Å². The van der Waals surface area contributed by atoms with Gasteiger partial charge in [0.15, 0.2) is 5.82 Å². The number of aryl methyl sites for hydroxylation is 1. The lowest BCUT2D eigenvalue weighted by Gasteiger charge is -2.05. The Morgan fingerprint density at radius 2 is 2.10 bits per heavy atom. The summed E-state index contributed by atoms with van der Waals surface area (Å²) in [4.78, 5) is 10.4. The zero-order valence-corrected chi connectivity index (χ0v) is 10.9. The molecule has 0 aliphatic carbocycles. The van der Waals surface area contributed by atoms with Crippen LogP contribution in [0.3, 0.4) is 0 Å². The monoisotopic (exact) mass is 278 g/mol. The van der Waals surface area contributed by atoms with E-state index in [-0.39, 0.29) is 12.2 Å². The number of tetrazole rings is 1. The highest BCUT2D eigenvalue weighted by atomic mass is 19.1. The van der Waals surface area contributed by atoms with Gasteiger partial charge >= 0.3 is 5.97 Å². The molecule has 6 nitrogen and oxygen atoms in total. The van der Waals surface area contributed by atoms with Crippen LogP contribution in [-0.2, 0) is 17.8 Å². The van der Waals surface area contributed by atoms with Crippen molar-refractivity contribution in [2.45, 2.75) is 32.2 Å². The lowest BCUT2D eigenvalue weighted by atomic mass is 10.1. The van der Waals surface area contributed by atoms with E-state index in [4.69, 9.17) is 5.11 Å². The summed E-state index contributed by atoms with van der Waals surface area (Å²) in [5.74, 6) is -0.522. The Morgan fingerprint density at radius 1 is 1.30 bits per heavy atom. The molecule has 1 aromatic heterocycles. The highest BCUT2D eigenvalue weighted by Gasteiger charge is 2.10. The molecule has 0 saturated heterocycles. The topological polar surface area (TPSA) is 80.9 Å². The number of nitrogens with zero attached hydrogens (tertiary/aromatic N) is 4. The molecule has 0 aliphatic rings. The minimum absolute atomic E-state index is 0.130. The number of unbranched alkanes of at least 4 members (excludes halogenated alkanes) is 1. The van der Waals surface area contributed by atoms with Crippen LogP contribution in [0.25, 0.3) is 0 Å². The molecule has 0 saturated carbocycles. The van der Waals surface area contributed by atoms with Crippen LogP contribution in [-0.4, -0.2) is 31.3 Å². The van der Waals surface area contributed by atoms with E-state index < -0.39 is 5.97 Å². The van der Waals surface area contributed by atoms with Crippen molar-refractivity contribution in [3.05, 3.63) is 41.5 Å². The van der Waals surface area contributed by atoms with Gasteiger partial charge in [-0.05, 0) is 34.9 Å². The lowest BCUT2D eigenvalue weighted by Crippen LogP contribution is -2.08. The molecule has 106 valence electrons. The van der Waals surface area contributed by atoms with E-state index in [2.05, 4.69) is 15.5 Å². The van der Waals surface area contributed by atoms with Crippen molar-refractivity contribution in [3.63, 3.8) is 0 Å². The number of carboxylic acid groups (broad SMARTS) is 1. The standard InChI is InChI=1S/C13H15FN4O2/c14-11-6-2-1-5-10(11)9-12-15-16-17-18(12)8-4-3-7-13(19)20/h1-2,5-6H,3-4,7-9H2,(H,19,20). The highest BCUT2D eigenvalue weighted by molar-refractivity contribution is 5.66. The van der Waals surface area contributed by atoms with Gasteiger partial charge in [-0.2, -0.15) is 0 Å². The van der Waals surface area contributed by atoms with Crippen molar-refractivity contribution in [2.24, 2.45) is 0 Å². The van der Waals surface area contributed by atoms with Crippen LogP contribution in [0, 0.1) is 5.82 Å². The number of carboxylic acids is 1. The van der Waals surface area contributed by atoms with Crippen LogP contribution >= 0.6 is 0 Å². The Labute approximate surface area is 115 Å². The first kappa shape index (κ1) is 14.1. The van der Waals surface area contributed by atoms with Crippen molar-refractivity contribution < 1.29 is 14.3 Å². The summed E-state index contributed by atoms with van der Waals surface area (Å²) in [7, 11) is 0. The summed E-state index contributed by atoms with van der Waals surface area (Å²) in [6.07, 6.45) is 1.68. The van der Waals surface area contributed by atoms with Crippen LogP contribution in [0.4, 0.5) is 4.39 Å². The first-order valence-corrected chi connectivity index (χ1v) is 6.37. The van der Waals surface area contributed by atoms with Crippen LogP contribution in [0.1, 0.15) is 30.7 Å². The Hall–Kier alpha value is -2.31. The first-order chi connectivity index (χ1) is 9.66. The molecule has 1 heterocycles. The van der Waals surface area contributed by atoms with Gasteiger partial charge in [0.1, 0.15) is 5.82 Å². The molecular formula is C13H15FN4O2. The van der Waals surface area contributed by atoms with Gasteiger partial charge in [-0.3, -0.25) is 4.79 Å². The quantitative estimate of drug-likeness (QED) is 0.779. The zero-order valence-electron chi connectivity index (χ0n) is 10.9. The second kappa shape index (κ2) is 6.74. The Bertz CT molecular complexity index is 585. The van der Waals surface area contributed by atoms with Gasteiger partial charge in [-0.25, -0.2) is 9.07 Å². The maximum Gasteiger partial charge on any atom is 0.303 e. The summed E-state index contributed by atoms with van der Waals surface area (Å²) in [6.45, 7) is 0.532. The van der Waals surface area contributed by atoms with E-state index in [1.807, 2.05) is 0 Å². The SMILES string of the molecule is O=C(O)CCCCn1nnnc1Cc1ccccc1F. The van der Waals surface area contributed by atoms with E-state index in [1.54, 1.807) is 22.9 Å². The number of hydrogen-bond acceptors (Lipinski definition) is 4. The lowest BCUT2D eigenvalue weighted by molar-refractivity contribution is -0.137. The van der Waals surface area contributed by atoms with Crippen molar-refractivity contribution in [3.8, 4) is 0 Å². The van der Waals surface area contributed by atoms with Crippen molar-refractivity contribution in [1.82, 2.24) is 20.2 Å². The summed E-state index contributed by atoms with van der Waals surface area (Å²) in [5.41, 5.74) is 0.536. The third-order valence-electron chi connectivity index (χ3n) is 2.92. The third-order valence-corrected chi connectivity index (χ3v) is 2.92. The summed E-state index contributed by atoms with van der Waals surface area (Å²) in [6, 6.07) is 6.49. The summed E-state index contributed by atoms with van der Waals surface area (Å²) >= 11 is 0. The minimum atomic E-state index is -0.812. The number of aromatic nitrogens is 4. The number of carbonyl (C=O) groups is 1. The van der Waals surface area contributed by atoms with E-state index >= 15 is 0 Å². The molecule has 2 rings (SSSR count). The van der Waals surface area contributed by atoms with E-state index in [0.29, 0.717) is 37.2 Å². The molecule has 0 spiro atoms. The van der Waals surface area contributed by atoms with E-state index in [9.17, 15) is 9.18 Å². The zero-order chi connectivity index (χ0) is 14.4. The van der Waals surface area contributed by atoms with Gasteiger partial charge in [0, 0.05) is 19.4 Å². The maximum atomic E-state index is 13.6. The summed E-state index contributed by atoms with van der Waals surface area (Å²) in [5, 5.41) is 19.9. The van der Waals surface area contributed by atoms with Crippen LogP contribution in [0.5, 0.6) is 0 Å². The molecule has 0 radical (unpaired) electrons. The molecule has 0 unspecified atom stereocenters. The fourth-order valence-corrected chi connectivity index (χ4v) is 1.87. The number of rotatable bonds is 7. The largest absolute Gasteiger partial charge is 0.481 e. The van der Waals surface area contributed by atoms with Crippen molar-refractivity contribution >= 4 is 5.97 Å². The second-order valence-electron chi connectivity index (χ2n) is 4.44. The predicted molar refractivity (Wildman–Crippen MR) is 68.5 cm³/mol. The molecule has 0 bridgehead atoms. The molecule has 0 amide bonds. The van der Waals surface area contributed by atoms with Gasteiger partial charge in [-0.1, -0.05) is 18.2 Å². The minimum Gasteiger partial charge on any atom is -0.481 e. The van der Waals surface area contributed by atoms with E-state index in [1.165, 1.54) is 6.07 Å². The Morgan fingerprint density at radius 3 is 2.85 bits per heavy atom. The number of hydrogen-bond donors (Lipinski definition) is 1. The van der Waals surface area contributed by atoms with Gasteiger partial charge in [0.2, 0.25) is 0 Å². The van der Waals surface area contributed by atoms with E-state index in [0.717, 1.165) is 0 Å². The smallest absolute Gasteiger partial charge is 0.303 e. The van der Waals surface area contributed by atoms with Crippen LogP contribution in [0.2, 0.25) is 0 Å². The fourth-order valence-electron chi connectivity index (χ4n) is 1.87. The van der Waals surface area contributed by atoms with Crippen molar-refractivity contribution in [2.75, 3.05) is 0 Å². The van der Waals surface area contributed by atoms with Crippen LogP contribution < -0.4 is 0 Å². The first-order valence-electron chi connectivity index (χ1n) is 6.37. The Balaban J connectivity index is 1.95. The van der Waals surface area contributed by atoms with Gasteiger partial charge in [0.05, 0.1) is 0 Å². The third kappa shape index (κ3) is 3.84. The normalized spacial score (nSPS) is 10.7. The predicted octanol–water partition coefficient (Wildman–Crippen LogP) is 1.66. The molecule has 0 fully saturated rings. The molecule has 0 aliphatic heterocycles. The number of aliphatic carboxylic acids is 1. The highest BCUT2D eigenvalue weighted by Crippen LogP contribution is 2.11. The fraction of sp³-hybridized carbons (Fsp3) is 0.385. The molecule has 1 N–H and O–H groups in total. The molecule has 0 atom stereocenters. The molecule has 20 heavy (non-hydrogen) atoms.